The number of fused-ring (bicyclic) bond motifs is 2. The van der Waals surface area contributed by atoms with Gasteiger partial charge in [-0.1, -0.05) is 23.9 Å². The minimum Gasteiger partial charge on any atom is -0.330 e. The Bertz CT molecular complexity index is 1190. The summed E-state index contributed by atoms with van der Waals surface area (Å²) >= 11 is 3.17. The van der Waals surface area contributed by atoms with Crippen LogP contribution >= 0.6 is 23.1 Å². The Morgan fingerprint density at radius 2 is 1.96 bits per heavy atom. The predicted molar refractivity (Wildman–Crippen MR) is 109 cm³/mol. The SMILES string of the molecule is CCn1c(SCc2nc3ccccc3n2C)nc2sc(C)c(C)c2c1=O. The Hall–Kier alpha value is -2.12. The zero-order valence-electron chi connectivity index (χ0n) is 15.2. The summed E-state index contributed by atoms with van der Waals surface area (Å²) in [6.07, 6.45) is 0. The number of thiophene rings is 1. The third kappa shape index (κ3) is 2.66. The molecule has 7 heteroatoms. The molecule has 26 heavy (non-hydrogen) atoms. The van der Waals surface area contributed by atoms with E-state index in [1.807, 2.05) is 46.0 Å². The number of thioether (sulfide) groups is 1. The van der Waals surface area contributed by atoms with Gasteiger partial charge < -0.3 is 4.57 Å². The van der Waals surface area contributed by atoms with E-state index >= 15 is 0 Å². The Morgan fingerprint density at radius 1 is 1.19 bits per heavy atom. The number of nitrogens with zero attached hydrogens (tertiary/aromatic N) is 4. The number of aryl methyl sites for hydroxylation is 3. The summed E-state index contributed by atoms with van der Waals surface area (Å²) in [5.41, 5.74) is 3.22. The molecule has 3 aromatic heterocycles. The molecule has 0 N–H and O–H groups in total. The van der Waals surface area contributed by atoms with Crippen LogP contribution in [0.1, 0.15) is 23.2 Å². The van der Waals surface area contributed by atoms with Crippen molar-refractivity contribution >= 4 is 44.3 Å². The van der Waals surface area contributed by atoms with Crippen LogP contribution < -0.4 is 5.56 Å². The van der Waals surface area contributed by atoms with Gasteiger partial charge in [-0.15, -0.1) is 11.3 Å². The van der Waals surface area contributed by atoms with Gasteiger partial charge in [-0.25, -0.2) is 9.97 Å². The molecule has 3 heterocycles. The fraction of sp³-hybridized carbons (Fsp3) is 0.316. The molecule has 0 bridgehead atoms. The summed E-state index contributed by atoms with van der Waals surface area (Å²) in [6, 6.07) is 8.11. The van der Waals surface area contributed by atoms with Crippen molar-refractivity contribution in [3.05, 3.63) is 50.9 Å². The molecule has 1 aromatic carbocycles. The van der Waals surface area contributed by atoms with Crippen LogP contribution in [0.25, 0.3) is 21.3 Å². The van der Waals surface area contributed by atoms with Gasteiger partial charge in [-0.2, -0.15) is 0 Å². The number of para-hydroxylation sites is 2. The molecule has 0 saturated heterocycles. The summed E-state index contributed by atoms with van der Waals surface area (Å²) in [4.78, 5) is 24.4. The molecule has 0 aliphatic carbocycles. The topological polar surface area (TPSA) is 52.7 Å². The largest absolute Gasteiger partial charge is 0.330 e. The molecule has 5 nitrogen and oxygen atoms in total. The maximum atomic E-state index is 12.9. The summed E-state index contributed by atoms with van der Waals surface area (Å²) in [7, 11) is 2.03. The van der Waals surface area contributed by atoms with E-state index in [9.17, 15) is 4.79 Å². The molecule has 0 fully saturated rings. The van der Waals surface area contributed by atoms with E-state index in [2.05, 4.69) is 10.6 Å². The molecule has 4 rings (SSSR count). The van der Waals surface area contributed by atoms with Crippen molar-refractivity contribution < 1.29 is 0 Å². The van der Waals surface area contributed by atoms with Crippen LogP contribution in [0.2, 0.25) is 0 Å². The first-order valence-corrected chi connectivity index (χ1v) is 10.3. The number of rotatable bonds is 4. The zero-order chi connectivity index (χ0) is 18.4. The van der Waals surface area contributed by atoms with Gasteiger partial charge in [-0.05, 0) is 38.5 Å². The average Bonchev–Trinajstić information content (AvgIpc) is 3.10. The minimum atomic E-state index is 0.0619. The molecule has 0 saturated carbocycles. The van der Waals surface area contributed by atoms with E-state index in [-0.39, 0.29) is 5.56 Å². The zero-order valence-corrected chi connectivity index (χ0v) is 16.9. The molecule has 0 amide bonds. The molecule has 4 aromatic rings. The van der Waals surface area contributed by atoms with Gasteiger partial charge in [0, 0.05) is 18.5 Å². The van der Waals surface area contributed by atoms with Crippen LogP contribution in [0.4, 0.5) is 0 Å². The molecule has 0 unspecified atom stereocenters. The van der Waals surface area contributed by atoms with Crippen molar-refractivity contribution in [3.8, 4) is 0 Å². The standard InChI is InChI=1S/C19H20N4OS2/c1-5-23-18(24)16-11(2)12(3)26-17(16)21-19(23)25-10-15-20-13-8-6-7-9-14(13)22(15)4/h6-9H,5,10H2,1-4H3. The van der Waals surface area contributed by atoms with Crippen LogP contribution in [0.3, 0.4) is 0 Å². The number of hydrogen-bond donors (Lipinski definition) is 0. The maximum absolute atomic E-state index is 12.9. The first-order valence-electron chi connectivity index (χ1n) is 8.55. The van der Waals surface area contributed by atoms with E-state index in [1.54, 1.807) is 27.7 Å². The Morgan fingerprint density at radius 3 is 2.69 bits per heavy atom. The highest BCUT2D eigenvalue weighted by Crippen LogP contribution is 2.29. The Balaban J connectivity index is 1.74. The van der Waals surface area contributed by atoms with E-state index in [4.69, 9.17) is 9.97 Å². The molecule has 0 aliphatic rings. The van der Waals surface area contributed by atoms with Gasteiger partial charge in [0.05, 0.1) is 22.2 Å². The quantitative estimate of drug-likeness (QED) is 0.389. The smallest absolute Gasteiger partial charge is 0.263 e. The van der Waals surface area contributed by atoms with Crippen LogP contribution in [0, 0.1) is 13.8 Å². The highest BCUT2D eigenvalue weighted by molar-refractivity contribution is 7.98. The van der Waals surface area contributed by atoms with Gasteiger partial charge in [-0.3, -0.25) is 9.36 Å². The lowest BCUT2D eigenvalue weighted by atomic mass is 10.2. The van der Waals surface area contributed by atoms with Crippen molar-refractivity contribution in [1.29, 1.82) is 0 Å². The van der Waals surface area contributed by atoms with Crippen LogP contribution in [-0.4, -0.2) is 19.1 Å². The second kappa shape index (κ2) is 6.55. The summed E-state index contributed by atoms with van der Waals surface area (Å²) in [5.74, 6) is 1.65. The maximum Gasteiger partial charge on any atom is 0.263 e. The second-order valence-corrected chi connectivity index (χ2v) is 8.42. The lowest BCUT2D eigenvalue weighted by Crippen LogP contribution is -2.22. The average molecular weight is 385 g/mol. The Labute approximate surface area is 159 Å². The normalized spacial score (nSPS) is 11.7. The van der Waals surface area contributed by atoms with Gasteiger partial charge in [0.15, 0.2) is 5.16 Å². The van der Waals surface area contributed by atoms with E-state index < -0.39 is 0 Å². The second-order valence-electron chi connectivity index (χ2n) is 6.27. The summed E-state index contributed by atoms with van der Waals surface area (Å²) < 4.78 is 3.88. The molecular weight excluding hydrogens is 364 g/mol. The van der Waals surface area contributed by atoms with E-state index in [0.717, 1.165) is 42.7 Å². The van der Waals surface area contributed by atoms with Gasteiger partial charge >= 0.3 is 0 Å². The van der Waals surface area contributed by atoms with E-state index in [1.165, 1.54) is 0 Å². The summed E-state index contributed by atoms with van der Waals surface area (Å²) in [5, 5.41) is 1.53. The first kappa shape index (κ1) is 17.3. The van der Waals surface area contributed by atoms with Gasteiger partial charge in [0.1, 0.15) is 10.7 Å². The molecule has 0 radical (unpaired) electrons. The van der Waals surface area contributed by atoms with Crippen molar-refractivity contribution in [2.24, 2.45) is 7.05 Å². The number of hydrogen-bond acceptors (Lipinski definition) is 5. The van der Waals surface area contributed by atoms with Crippen LogP contribution in [0.15, 0.2) is 34.2 Å². The third-order valence-corrected chi connectivity index (χ3v) is 6.85. The van der Waals surface area contributed by atoms with Crippen molar-refractivity contribution in [3.63, 3.8) is 0 Å². The fourth-order valence-electron chi connectivity index (χ4n) is 3.15. The van der Waals surface area contributed by atoms with Crippen molar-refractivity contribution in [1.82, 2.24) is 19.1 Å². The molecule has 0 aliphatic heterocycles. The van der Waals surface area contributed by atoms with Gasteiger partial charge in [0.2, 0.25) is 0 Å². The lowest BCUT2D eigenvalue weighted by Gasteiger charge is -2.10. The minimum absolute atomic E-state index is 0.0619. The monoisotopic (exact) mass is 384 g/mol. The Kier molecular flexibility index (Phi) is 4.36. The molecular formula is C19H20N4OS2. The lowest BCUT2D eigenvalue weighted by molar-refractivity contribution is 0.635. The van der Waals surface area contributed by atoms with Crippen molar-refractivity contribution in [2.75, 3.05) is 0 Å². The third-order valence-electron chi connectivity index (χ3n) is 4.78. The summed E-state index contributed by atoms with van der Waals surface area (Å²) in [6.45, 7) is 6.65. The fourth-order valence-corrected chi connectivity index (χ4v) is 5.27. The number of benzene rings is 1. The first-order chi connectivity index (χ1) is 12.5. The molecule has 0 spiro atoms. The highest BCUT2D eigenvalue weighted by atomic mass is 32.2. The number of imidazole rings is 1. The highest BCUT2D eigenvalue weighted by Gasteiger charge is 2.17. The van der Waals surface area contributed by atoms with E-state index in [0.29, 0.717) is 12.3 Å². The molecule has 134 valence electrons. The van der Waals surface area contributed by atoms with Crippen LogP contribution in [-0.2, 0) is 19.3 Å². The van der Waals surface area contributed by atoms with Gasteiger partial charge in [0.25, 0.3) is 5.56 Å². The molecule has 0 atom stereocenters. The number of aromatic nitrogens is 4. The van der Waals surface area contributed by atoms with Crippen molar-refractivity contribution in [2.45, 2.75) is 38.2 Å². The predicted octanol–water partition coefficient (Wildman–Crippen LogP) is 4.27. The van der Waals surface area contributed by atoms with Crippen LogP contribution in [0.5, 0.6) is 0 Å².